The van der Waals surface area contributed by atoms with Gasteiger partial charge in [0.2, 0.25) is 5.91 Å². The first-order valence-electron chi connectivity index (χ1n) is 10.1. The number of aromatic nitrogens is 1. The lowest BCUT2D eigenvalue weighted by molar-refractivity contribution is -0.111. The molecule has 0 aliphatic rings. The molecule has 0 spiro atoms. The molecule has 1 N–H and O–H groups in total. The Bertz CT molecular complexity index is 1290. The summed E-state index contributed by atoms with van der Waals surface area (Å²) < 4.78 is 16.6. The van der Waals surface area contributed by atoms with Crippen LogP contribution >= 0.6 is 0 Å². The maximum absolute atomic E-state index is 12.5. The Morgan fingerprint density at radius 3 is 2.50 bits per heavy atom. The molecule has 2 heterocycles. The second-order valence-corrected chi connectivity index (χ2v) is 7.46. The number of furan rings is 1. The van der Waals surface area contributed by atoms with Crippen LogP contribution in [0.4, 0.5) is 5.82 Å². The second-order valence-electron chi connectivity index (χ2n) is 7.46. The minimum absolute atomic E-state index is 0.261. The number of rotatable bonds is 6. The Balaban J connectivity index is 1.69. The van der Waals surface area contributed by atoms with Gasteiger partial charge in [-0.05, 0) is 54.8 Å². The van der Waals surface area contributed by atoms with Crippen LogP contribution in [0, 0.1) is 6.92 Å². The summed E-state index contributed by atoms with van der Waals surface area (Å²) in [4.78, 5) is 16.8. The molecule has 0 bridgehead atoms. The van der Waals surface area contributed by atoms with Crippen molar-refractivity contribution < 1.29 is 18.7 Å². The first-order valence-corrected chi connectivity index (χ1v) is 10.1. The van der Waals surface area contributed by atoms with Crippen LogP contribution in [0.1, 0.15) is 18.1 Å². The first kappa shape index (κ1) is 21.2. The lowest BCUT2D eigenvalue weighted by Gasteiger charge is -2.10. The van der Waals surface area contributed by atoms with Crippen molar-refractivity contribution in [1.29, 1.82) is 0 Å². The van der Waals surface area contributed by atoms with Crippen molar-refractivity contribution in [2.24, 2.45) is 0 Å². The van der Waals surface area contributed by atoms with Crippen LogP contribution in [0.25, 0.3) is 27.7 Å². The molecule has 0 radical (unpaired) electrons. The topological polar surface area (TPSA) is 73.6 Å². The Morgan fingerprint density at radius 1 is 1.06 bits per heavy atom. The van der Waals surface area contributed by atoms with Gasteiger partial charge in [0.25, 0.3) is 0 Å². The first-order chi connectivity index (χ1) is 15.5. The molecule has 6 heteroatoms. The zero-order valence-electron chi connectivity index (χ0n) is 18.4. The molecule has 0 saturated heterocycles. The molecule has 162 valence electrons. The van der Waals surface area contributed by atoms with E-state index in [0.717, 1.165) is 39.0 Å². The molecule has 1 amide bonds. The van der Waals surface area contributed by atoms with E-state index in [1.54, 1.807) is 38.8 Å². The van der Waals surface area contributed by atoms with Gasteiger partial charge in [-0.3, -0.25) is 4.79 Å². The van der Waals surface area contributed by atoms with Crippen molar-refractivity contribution in [2.45, 2.75) is 13.8 Å². The molecule has 32 heavy (non-hydrogen) atoms. The number of methoxy groups -OCH3 is 2. The lowest BCUT2D eigenvalue weighted by Crippen LogP contribution is -2.10. The zero-order valence-corrected chi connectivity index (χ0v) is 18.4. The Morgan fingerprint density at radius 2 is 1.84 bits per heavy atom. The summed E-state index contributed by atoms with van der Waals surface area (Å²) in [5.41, 5.74) is 5.26. The Labute approximate surface area is 186 Å². The number of anilines is 1. The van der Waals surface area contributed by atoms with Crippen LogP contribution in [0.15, 0.2) is 71.5 Å². The molecular formula is C26H24N2O4. The number of hydrogen-bond acceptors (Lipinski definition) is 5. The largest absolute Gasteiger partial charge is 0.497 e. The number of benzene rings is 2. The highest BCUT2D eigenvalue weighted by Crippen LogP contribution is 2.37. The zero-order chi connectivity index (χ0) is 22.7. The van der Waals surface area contributed by atoms with E-state index >= 15 is 0 Å². The van der Waals surface area contributed by atoms with Crippen molar-refractivity contribution in [2.75, 3.05) is 19.5 Å². The highest BCUT2D eigenvalue weighted by molar-refractivity contribution is 6.05. The van der Waals surface area contributed by atoms with E-state index in [4.69, 9.17) is 13.9 Å². The normalized spacial score (nSPS) is 11.4. The minimum Gasteiger partial charge on any atom is -0.497 e. The van der Waals surface area contributed by atoms with Crippen molar-refractivity contribution in [3.63, 3.8) is 0 Å². The van der Waals surface area contributed by atoms with Gasteiger partial charge >= 0.3 is 0 Å². The van der Waals surface area contributed by atoms with E-state index in [-0.39, 0.29) is 5.91 Å². The van der Waals surface area contributed by atoms with Gasteiger partial charge < -0.3 is 19.2 Å². The number of nitrogens with zero attached hydrogens (tertiary/aromatic N) is 1. The Hall–Kier alpha value is -4.06. The quantitative estimate of drug-likeness (QED) is 0.389. The maximum Gasteiger partial charge on any atom is 0.249 e. The number of hydrogen-bond donors (Lipinski definition) is 1. The standard InChI is InChI=1S/C26H24N2O4/c1-16-5-10-25(27-14-16)28-26(29)11-17(2)20-12-21-22(15-32-24(21)13-23(20)31-4)18-6-8-19(30-3)9-7-18/h5-15H,1-4H3,(H,27,28,29)/b17-11+. The molecule has 0 aliphatic carbocycles. The van der Waals surface area contributed by atoms with Gasteiger partial charge in [0, 0.05) is 34.9 Å². The van der Waals surface area contributed by atoms with Crippen LogP contribution < -0.4 is 14.8 Å². The summed E-state index contributed by atoms with van der Waals surface area (Å²) in [5, 5.41) is 3.72. The third kappa shape index (κ3) is 4.34. The number of pyridine rings is 1. The third-order valence-electron chi connectivity index (χ3n) is 5.23. The van der Waals surface area contributed by atoms with Gasteiger partial charge in [-0.1, -0.05) is 18.2 Å². The molecule has 0 saturated carbocycles. The lowest BCUT2D eigenvalue weighted by atomic mass is 9.99. The smallest absolute Gasteiger partial charge is 0.249 e. The van der Waals surface area contributed by atoms with Crippen LogP contribution in [0.5, 0.6) is 11.5 Å². The van der Waals surface area contributed by atoms with E-state index < -0.39 is 0 Å². The molecular weight excluding hydrogens is 404 g/mol. The van der Waals surface area contributed by atoms with Crippen LogP contribution in [-0.4, -0.2) is 25.1 Å². The van der Waals surface area contributed by atoms with Crippen molar-refractivity contribution in [1.82, 2.24) is 4.98 Å². The SMILES string of the molecule is COc1ccc(-c2coc3cc(OC)c(/C(C)=C/C(=O)Nc4ccc(C)cn4)cc23)cc1. The summed E-state index contributed by atoms with van der Waals surface area (Å²) in [7, 11) is 3.24. The van der Waals surface area contributed by atoms with Gasteiger partial charge in [-0.25, -0.2) is 4.98 Å². The molecule has 2 aromatic carbocycles. The average molecular weight is 428 g/mol. The molecule has 4 aromatic rings. The third-order valence-corrected chi connectivity index (χ3v) is 5.23. The molecule has 0 aliphatic heterocycles. The summed E-state index contributed by atoms with van der Waals surface area (Å²) in [6, 6.07) is 15.3. The molecule has 2 aromatic heterocycles. The fourth-order valence-electron chi connectivity index (χ4n) is 3.50. The second kappa shape index (κ2) is 8.98. The van der Waals surface area contributed by atoms with Crippen LogP contribution in [0.3, 0.4) is 0 Å². The van der Waals surface area contributed by atoms with Crippen molar-refractivity contribution in [3.8, 4) is 22.6 Å². The number of carbonyl (C=O) groups excluding carboxylic acids is 1. The molecule has 6 nitrogen and oxygen atoms in total. The average Bonchev–Trinajstić information content (AvgIpc) is 3.22. The van der Waals surface area contributed by atoms with Crippen LogP contribution in [0.2, 0.25) is 0 Å². The molecule has 0 unspecified atom stereocenters. The van der Waals surface area contributed by atoms with Crippen LogP contribution in [-0.2, 0) is 4.79 Å². The fraction of sp³-hybridized carbons (Fsp3) is 0.154. The maximum atomic E-state index is 12.5. The Kier molecular flexibility index (Phi) is 5.94. The number of ether oxygens (including phenoxy) is 2. The number of nitrogens with one attached hydrogen (secondary N) is 1. The molecule has 0 fully saturated rings. The molecule has 4 rings (SSSR count). The van der Waals surface area contributed by atoms with Gasteiger partial charge in [0.05, 0.1) is 20.5 Å². The van der Waals surface area contributed by atoms with Gasteiger partial charge in [0.1, 0.15) is 22.9 Å². The van der Waals surface area contributed by atoms with Crippen molar-refractivity contribution >= 4 is 28.3 Å². The number of amides is 1. The monoisotopic (exact) mass is 428 g/mol. The van der Waals surface area contributed by atoms with E-state index in [1.807, 2.05) is 56.3 Å². The number of fused-ring (bicyclic) bond motifs is 1. The van der Waals surface area contributed by atoms with E-state index in [9.17, 15) is 4.79 Å². The van der Waals surface area contributed by atoms with Crippen molar-refractivity contribution in [3.05, 3.63) is 78.2 Å². The number of carbonyl (C=O) groups is 1. The van der Waals surface area contributed by atoms with E-state index in [2.05, 4.69) is 10.3 Å². The highest BCUT2D eigenvalue weighted by atomic mass is 16.5. The summed E-state index contributed by atoms with van der Waals surface area (Å²) in [6.07, 6.45) is 4.98. The fourth-order valence-corrected chi connectivity index (χ4v) is 3.50. The molecule has 0 atom stereocenters. The summed E-state index contributed by atoms with van der Waals surface area (Å²) in [5.74, 6) is 1.66. The van der Waals surface area contributed by atoms with E-state index in [1.165, 1.54) is 0 Å². The predicted molar refractivity (Wildman–Crippen MR) is 126 cm³/mol. The number of allylic oxidation sites excluding steroid dienone is 1. The van der Waals surface area contributed by atoms with Gasteiger partial charge in [0.15, 0.2) is 0 Å². The van der Waals surface area contributed by atoms with Gasteiger partial charge in [-0.15, -0.1) is 0 Å². The highest BCUT2D eigenvalue weighted by Gasteiger charge is 2.15. The van der Waals surface area contributed by atoms with E-state index in [0.29, 0.717) is 17.2 Å². The number of aryl methyl sites for hydroxylation is 1. The predicted octanol–water partition coefficient (Wildman–Crippen LogP) is 5.86. The minimum atomic E-state index is -0.261. The summed E-state index contributed by atoms with van der Waals surface area (Å²) >= 11 is 0. The van der Waals surface area contributed by atoms with Gasteiger partial charge in [-0.2, -0.15) is 0 Å². The summed E-state index contributed by atoms with van der Waals surface area (Å²) in [6.45, 7) is 3.82.